The van der Waals surface area contributed by atoms with Crippen molar-refractivity contribution in [2.45, 2.75) is 45.8 Å². The lowest BCUT2D eigenvalue weighted by Crippen LogP contribution is -2.37. The van der Waals surface area contributed by atoms with Crippen LogP contribution in [0.1, 0.15) is 45.3 Å². The highest BCUT2D eigenvalue weighted by atomic mass is 79.9. The summed E-state index contributed by atoms with van der Waals surface area (Å²) in [7, 11) is 1.72. The van der Waals surface area contributed by atoms with E-state index in [1.165, 1.54) is 0 Å². The number of rotatable bonds is 8. The van der Waals surface area contributed by atoms with Crippen LogP contribution in [0.25, 0.3) is 0 Å². The van der Waals surface area contributed by atoms with Crippen LogP contribution in [0.2, 0.25) is 0 Å². The van der Waals surface area contributed by atoms with Crippen molar-refractivity contribution in [1.29, 1.82) is 0 Å². The molecular weight excluding hydrogens is 318 g/mol. The van der Waals surface area contributed by atoms with Crippen LogP contribution in [-0.4, -0.2) is 31.4 Å². The Morgan fingerprint density at radius 3 is 2.45 bits per heavy atom. The number of hydrogen-bond acceptors (Lipinski definition) is 3. The predicted octanol–water partition coefficient (Wildman–Crippen LogP) is 4.14. The number of anilines is 1. The fraction of sp³-hybridized carbons (Fsp3) is 0.625. The maximum absolute atomic E-state index is 10.0. The van der Waals surface area contributed by atoms with Gasteiger partial charge in [-0.05, 0) is 31.9 Å². The normalized spacial score (nSPS) is 12.8. The summed E-state index contributed by atoms with van der Waals surface area (Å²) in [4.78, 5) is 2.36. The van der Waals surface area contributed by atoms with Gasteiger partial charge in [-0.2, -0.15) is 0 Å². The minimum atomic E-state index is -0.475. The van der Waals surface area contributed by atoms with Crippen molar-refractivity contribution in [2.75, 3.05) is 25.2 Å². The molecule has 1 aromatic rings. The first-order valence-electron chi connectivity index (χ1n) is 7.28. The van der Waals surface area contributed by atoms with Gasteiger partial charge in [-0.25, -0.2) is 0 Å². The summed E-state index contributed by atoms with van der Waals surface area (Å²) < 4.78 is 6.28. The van der Waals surface area contributed by atoms with Gasteiger partial charge in [-0.3, -0.25) is 0 Å². The molecule has 0 bridgehead atoms. The van der Waals surface area contributed by atoms with Crippen LogP contribution in [0.5, 0.6) is 0 Å². The topological polar surface area (TPSA) is 32.7 Å². The van der Waals surface area contributed by atoms with Gasteiger partial charge in [0.25, 0.3) is 0 Å². The van der Waals surface area contributed by atoms with Crippen molar-refractivity contribution in [2.24, 2.45) is 0 Å². The van der Waals surface area contributed by atoms with Gasteiger partial charge in [-0.1, -0.05) is 35.8 Å². The maximum Gasteiger partial charge on any atom is 0.0782 e. The Morgan fingerprint density at radius 2 is 1.95 bits per heavy atom. The number of aliphatic hydroxyl groups is 1. The lowest BCUT2D eigenvalue weighted by atomic mass is 10.0. The molecule has 0 spiro atoms. The second-order valence-corrected chi connectivity index (χ2v) is 5.95. The van der Waals surface area contributed by atoms with Crippen LogP contribution in [-0.2, 0) is 4.74 Å². The fourth-order valence-electron chi connectivity index (χ4n) is 2.54. The van der Waals surface area contributed by atoms with Gasteiger partial charge in [0, 0.05) is 35.4 Å². The Labute approximate surface area is 131 Å². The van der Waals surface area contributed by atoms with E-state index in [1.54, 1.807) is 7.11 Å². The number of aliphatic hydroxyl groups excluding tert-OH is 1. The first kappa shape index (κ1) is 17.5. The number of halogens is 1. The molecule has 3 nitrogen and oxygen atoms in total. The van der Waals surface area contributed by atoms with Gasteiger partial charge in [0.2, 0.25) is 0 Å². The molecular formula is C16H26BrNO2. The molecule has 0 heterocycles. The lowest BCUT2D eigenvalue weighted by molar-refractivity contribution is 0.196. The Balaban J connectivity index is 3.20. The first-order valence-corrected chi connectivity index (χ1v) is 8.07. The van der Waals surface area contributed by atoms with Crippen molar-refractivity contribution in [3.8, 4) is 0 Å². The third-order valence-corrected chi connectivity index (χ3v) is 4.16. The molecule has 0 aliphatic carbocycles. The van der Waals surface area contributed by atoms with E-state index < -0.39 is 6.10 Å². The molecule has 20 heavy (non-hydrogen) atoms. The average Bonchev–Trinajstić information content (AvgIpc) is 2.43. The molecule has 0 saturated carbocycles. The maximum atomic E-state index is 10.0. The first-order chi connectivity index (χ1) is 9.54. The number of nitrogens with zero attached hydrogens (tertiary/aromatic N) is 1. The summed E-state index contributed by atoms with van der Waals surface area (Å²) in [5.74, 6) is 0. The molecule has 0 aromatic heterocycles. The van der Waals surface area contributed by atoms with Crippen LogP contribution in [0.4, 0.5) is 5.69 Å². The summed E-state index contributed by atoms with van der Waals surface area (Å²) in [5.41, 5.74) is 2.07. The van der Waals surface area contributed by atoms with E-state index in [2.05, 4.69) is 40.7 Å². The summed E-state index contributed by atoms with van der Waals surface area (Å²) >= 11 is 3.54. The number of methoxy groups -OCH3 is 1. The third-order valence-electron chi connectivity index (χ3n) is 3.67. The highest BCUT2D eigenvalue weighted by Crippen LogP contribution is 2.32. The zero-order valence-electron chi connectivity index (χ0n) is 12.9. The summed E-state index contributed by atoms with van der Waals surface area (Å²) in [6.07, 6.45) is 1.68. The largest absolute Gasteiger partial charge is 0.389 e. The standard InChI is InChI=1S/C16H26BrNO2/c1-5-14(6-2)18(9-10-20-4)16-11-13(17)7-8-15(16)12(3)19/h7-8,11-12,14,19H,5-6,9-10H2,1-4H3. The van der Waals surface area contributed by atoms with Crippen molar-refractivity contribution in [3.05, 3.63) is 28.2 Å². The highest BCUT2D eigenvalue weighted by Gasteiger charge is 2.20. The molecule has 1 atom stereocenters. The van der Waals surface area contributed by atoms with E-state index in [1.807, 2.05) is 19.1 Å². The molecule has 0 saturated heterocycles. The fourth-order valence-corrected chi connectivity index (χ4v) is 2.89. The van der Waals surface area contributed by atoms with Crippen LogP contribution < -0.4 is 4.90 Å². The molecule has 1 N–H and O–H groups in total. The number of benzene rings is 1. The van der Waals surface area contributed by atoms with Crippen LogP contribution in [0.3, 0.4) is 0 Å². The smallest absolute Gasteiger partial charge is 0.0782 e. The SMILES string of the molecule is CCC(CC)N(CCOC)c1cc(Br)ccc1C(C)O. The lowest BCUT2D eigenvalue weighted by Gasteiger charge is -2.34. The third kappa shape index (κ3) is 4.47. The van der Waals surface area contributed by atoms with Crippen molar-refractivity contribution < 1.29 is 9.84 Å². The molecule has 0 fully saturated rings. The zero-order valence-corrected chi connectivity index (χ0v) is 14.5. The molecule has 0 amide bonds. The second kappa shape index (κ2) is 8.65. The van der Waals surface area contributed by atoms with Gasteiger partial charge < -0.3 is 14.7 Å². The number of hydrogen-bond donors (Lipinski definition) is 1. The van der Waals surface area contributed by atoms with E-state index in [0.717, 1.165) is 35.1 Å². The average molecular weight is 344 g/mol. The Bertz CT molecular complexity index is 405. The van der Waals surface area contributed by atoms with E-state index in [4.69, 9.17) is 4.74 Å². The summed E-state index contributed by atoms with van der Waals surface area (Å²) in [6.45, 7) is 7.73. The molecule has 4 heteroatoms. The van der Waals surface area contributed by atoms with Gasteiger partial charge in [-0.15, -0.1) is 0 Å². The zero-order chi connectivity index (χ0) is 15.1. The van der Waals surface area contributed by atoms with Crippen molar-refractivity contribution in [3.63, 3.8) is 0 Å². The monoisotopic (exact) mass is 343 g/mol. The van der Waals surface area contributed by atoms with Gasteiger partial charge in [0.05, 0.1) is 12.7 Å². The van der Waals surface area contributed by atoms with E-state index in [-0.39, 0.29) is 0 Å². The van der Waals surface area contributed by atoms with Crippen LogP contribution in [0.15, 0.2) is 22.7 Å². The van der Waals surface area contributed by atoms with Gasteiger partial charge in [0.1, 0.15) is 0 Å². The Morgan fingerprint density at radius 1 is 1.30 bits per heavy atom. The minimum Gasteiger partial charge on any atom is -0.389 e. The van der Waals surface area contributed by atoms with Gasteiger partial charge >= 0.3 is 0 Å². The molecule has 1 unspecified atom stereocenters. The van der Waals surface area contributed by atoms with Gasteiger partial charge in [0.15, 0.2) is 0 Å². The number of ether oxygens (including phenoxy) is 1. The van der Waals surface area contributed by atoms with E-state index in [9.17, 15) is 5.11 Å². The minimum absolute atomic E-state index is 0.456. The molecule has 0 radical (unpaired) electrons. The van der Waals surface area contributed by atoms with E-state index >= 15 is 0 Å². The van der Waals surface area contributed by atoms with Crippen molar-refractivity contribution >= 4 is 21.6 Å². The molecule has 0 aliphatic rings. The second-order valence-electron chi connectivity index (χ2n) is 5.04. The predicted molar refractivity (Wildman–Crippen MR) is 88.4 cm³/mol. The summed E-state index contributed by atoms with van der Waals surface area (Å²) in [6, 6.07) is 6.52. The van der Waals surface area contributed by atoms with Crippen LogP contribution in [0, 0.1) is 0 Å². The summed E-state index contributed by atoms with van der Waals surface area (Å²) in [5, 5.41) is 10.0. The molecule has 0 aliphatic heterocycles. The molecule has 114 valence electrons. The van der Waals surface area contributed by atoms with Crippen molar-refractivity contribution in [1.82, 2.24) is 0 Å². The Kier molecular flexibility index (Phi) is 7.56. The van der Waals surface area contributed by atoms with E-state index in [0.29, 0.717) is 12.6 Å². The molecule has 1 rings (SSSR count). The highest BCUT2D eigenvalue weighted by molar-refractivity contribution is 9.10. The molecule has 1 aromatic carbocycles. The van der Waals surface area contributed by atoms with Crippen LogP contribution >= 0.6 is 15.9 Å². The Hall–Kier alpha value is -0.580. The quantitative estimate of drug-likeness (QED) is 0.769.